The lowest BCUT2D eigenvalue weighted by Crippen LogP contribution is -2.18. The number of benzene rings is 2. The molecular weight excluding hydrogens is 344 g/mol. The predicted octanol–water partition coefficient (Wildman–Crippen LogP) is 3.48. The Morgan fingerprint density at radius 2 is 1.96 bits per heavy atom. The van der Waals surface area contributed by atoms with Crippen molar-refractivity contribution in [2.75, 3.05) is 6.61 Å². The largest absolute Gasteiger partial charge is 0.482 e. The van der Waals surface area contributed by atoms with E-state index in [0.29, 0.717) is 22.5 Å². The van der Waals surface area contributed by atoms with E-state index in [1.807, 2.05) is 25.1 Å². The fourth-order valence-electron chi connectivity index (χ4n) is 2.77. The maximum absolute atomic E-state index is 12.0. The summed E-state index contributed by atoms with van der Waals surface area (Å²) >= 11 is 0. The van der Waals surface area contributed by atoms with Crippen LogP contribution in [0.5, 0.6) is 5.75 Å². The van der Waals surface area contributed by atoms with E-state index in [1.54, 1.807) is 24.3 Å². The minimum Gasteiger partial charge on any atom is -0.482 e. The first-order chi connectivity index (χ1) is 12.9. The van der Waals surface area contributed by atoms with Crippen LogP contribution in [-0.2, 0) is 16.1 Å². The van der Waals surface area contributed by atoms with Gasteiger partial charge in [-0.05, 0) is 42.2 Å². The maximum atomic E-state index is 12.0. The van der Waals surface area contributed by atoms with Crippen molar-refractivity contribution < 1.29 is 14.3 Å². The van der Waals surface area contributed by atoms with Crippen LogP contribution in [0.4, 0.5) is 0 Å². The molecule has 6 nitrogen and oxygen atoms in total. The van der Waals surface area contributed by atoms with Gasteiger partial charge in [0, 0.05) is 0 Å². The van der Waals surface area contributed by atoms with Crippen LogP contribution < -0.4 is 10.3 Å². The minimum atomic E-state index is -0.526. The number of aromatic amines is 1. The quantitative estimate of drug-likeness (QED) is 0.676. The molecule has 0 spiro atoms. The minimum absolute atomic E-state index is 0.118. The molecular formula is C21H22N2O4. The topological polar surface area (TPSA) is 81.3 Å². The maximum Gasteiger partial charge on any atom is 0.344 e. The molecule has 6 heteroatoms. The average molecular weight is 366 g/mol. The zero-order valence-electron chi connectivity index (χ0n) is 15.6. The molecule has 1 aromatic heterocycles. The van der Waals surface area contributed by atoms with Crippen molar-refractivity contribution in [2.45, 2.75) is 33.3 Å². The zero-order chi connectivity index (χ0) is 19.4. The van der Waals surface area contributed by atoms with Gasteiger partial charge in [0.05, 0.1) is 10.9 Å². The highest BCUT2D eigenvalue weighted by Crippen LogP contribution is 2.27. The molecule has 0 saturated heterocycles. The number of carbonyl (C=O) groups excluding carboxylic acids is 1. The van der Waals surface area contributed by atoms with Gasteiger partial charge in [-0.25, -0.2) is 9.78 Å². The van der Waals surface area contributed by atoms with Gasteiger partial charge in [-0.1, -0.05) is 38.1 Å². The number of H-pyrrole nitrogens is 1. The van der Waals surface area contributed by atoms with Crippen LogP contribution in [-0.4, -0.2) is 22.5 Å². The Balaban J connectivity index is 1.62. The number of hydrogen-bond acceptors (Lipinski definition) is 5. The van der Waals surface area contributed by atoms with E-state index in [9.17, 15) is 9.59 Å². The zero-order valence-corrected chi connectivity index (χ0v) is 15.6. The summed E-state index contributed by atoms with van der Waals surface area (Å²) in [6, 6.07) is 12.9. The van der Waals surface area contributed by atoms with Crippen LogP contribution >= 0.6 is 0 Å². The van der Waals surface area contributed by atoms with Crippen LogP contribution in [0.25, 0.3) is 10.9 Å². The van der Waals surface area contributed by atoms with Gasteiger partial charge >= 0.3 is 5.97 Å². The molecule has 0 fully saturated rings. The molecule has 3 aromatic rings. The summed E-state index contributed by atoms with van der Waals surface area (Å²) < 4.78 is 10.8. The Bertz CT molecular complexity index is 1020. The van der Waals surface area contributed by atoms with Crippen molar-refractivity contribution in [2.24, 2.45) is 0 Å². The summed E-state index contributed by atoms with van der Waals surface area (Å²) in [4.78, 5) is 31.0. The highest BCUT2D eigenvalue weighted by atomic mass is 16.6. The monoisotopic (exact) mass is 366 g/mol. The van der Waals surface area contributed by atoms with Crippen LogP contribution in [0, 0.1) is 6.92 Å². The van der Waals surface area contributed by atoms with E-state index in [0.717, 1.165) is 11.1 Å². The number of ether oxygens (including phenoxy) is 2. The number of nitrogens with one attached hydrogen (secondary N) is 1. The Kier molecular flexibility index (Phi) is 5.54. The average Bonchev–Trinajstić information content (AvgIpc) is 2.64. The number of rotatable bonds is 6. The molecule has 27 heavy (non-hydrogen) atoms. The van der Waals surface area contributed by atoms with Crippen molar-refractivity contribution in [3.63, 3.8) is 0 Å². The van der Waals surface area contributed by atoms with Gasteiger partial charge in [0.15, 0.2) is 6.61 Å². The molecule has 0 aliphatic rings. The molecule has 3 rings (SSSR count). The molecule has 2 aromatic carbocycles. The van der Waals surface area contributed by atoms with Crippen LogP contribution in [0.2, 0.25) is 0 Å². The molecule has 1 N–H and O–H groups in total. The molecule has 0 amide bonds. The number of fused-ring (bicyclic) bond motifs is 1. The predicted molar refractivity (Wildman–Crippen MR) is 103 cm³/mol. The fourth-order valence-corrected chi connectivity index (χ4v) is 2.77. The summed E-state index contributed by atoms with van der Waals surface area (Å²) in [5, 5.41) is 0.497. The van der Waals surface area contributed by atoms with Gasteiger partial charge in [0.2, 0.25) is 0 Å². The van der Waals surface area contributed by atoms with Gasteiger partial charge in [0.1, 0.15) is 18.2 Å². The van der Waals surface area contributed by atoms with Gasteiger partial charge in [-0.2, -0.15) is 0 Å². The second-order valence-electron chi connectivity index (χ2n) is 6.68. The highest BCUT2D eigenvalue weighted by molar-refractivity contribution is 5.77. The van der Waals surface area contributed by atoms with Gasteiger partial charge < -0.3 is 14.5 Å². The van der Waals surface area contributed by atoms with E-state index in [4.69, 9.17) is 9.47 Å². The molecule has 0 aliphatic heterocycles. The first-order valence-corrected chi connectivity index (χ1v) is 8.81. The van der Waals surface area contributed by atoms with Crippen LogP contribution in [0.3, 0.4) is 0 Å². The number of aryl methyl sites for hydroxylation is 1. The second kappa shape index (κ2) is 8.03. The summed E-state index contributed by atoms with van der Waals surface area (Å²) in [6.07, 6.45) is 0. The third-order valence-electron chi connectivity index (χ3n) is 4.17. The second-order valence-corrected chi connectivity index (χ2v) is 6.68. The normalized spacial score (nSPS) is 11.0. The third kappa shape index (κ3) is 4.53. The standard InChI is InChI=1S/C21H22N2O4/c1-13(2)15-9-8-14(3)10-18(15)26-12-20(24)27-11-19-22-17-7-5-4-6-16(17)21(25)23-19/h4-10,13H,11-12H2,1-3H3,(H,22,23,25). The SMILES string of the molecule is Cc1ccc(C(C)C)c(OCC(=O)OCc2nc3ccccc3c(=O)[nH]2)c1. The highest BCUT2D eigenvalue weighted by Gasteiger charge is 2.12. The van der Waals surface area contributed by atoms with Crippen LogP contribution in [0.1, 0.15) is 36.7 Å². The Morgan fingerprint density at radius 3 is 2.74 bits per heavy atom. The molecule has 0 unspecified atom stereocenters. The smallest absolute Gasteiger partial charge is 0.344 e. The summed E-state index contributed by atoms with van der Waals surface area (Å²) in [7, 11) is 0. The number of carbonyl (C=O) groups is 1. The number of aromatic nitrogens is 2. The van der Waals surface area contributed by atoms with Crippen molar-refractivity contribution >= 4 is 16.9 Å². The lowest BCUT2D eigenvalue weighted by Gasteiger charge is -2.14. The van der Waals surface area contributed by atoms with Crippen molar-refractivity contribution in [1.29, 1.82) is 0 Å². The first-order valence-electron chi connectivity index (χ1n) is 8.81. The molecule has 0 atom stereocenters. The van der Waals surface area contributed by atoms with E-state index in [-0.39, 0.29) is 24.7 Å². The van der Waals surface area contributed by atoms with E-state index >= 15 is 0 Å². The number of esters is 1. The Hall–Kier alpha value is -3.15. The van der Waals surface area contributed by atoms with Crippen molar-refractivity contribution in [1.82, 2.24) is 9.97 Å². The van der Waals surface area contributed by atoms with E-state index < -0.39 is 5.97 Å². The summed E-state index contributed by atoms with van der Waals surface area (Å²) in [6.45, 7) is 5.78. The van der Waals surface area contributed by atoms with Crippen molar-refractivity contribution in [3.05, 3.63) is 69.8 Å². The molecule has 0 bridgehead atoms. The molecule has 0 saturated carbocycles. The molecule has 0 aliphatic carbocycles. The lowest BCUT2D eigenvalue weighted by atomic mass is 10.0. The van der Waals surface area contributed by atoms with E-state index in [1.165, 1.54) is 0 Å². The van der Waals surface area contributed by atoms with E-state index in [2.05, 4.69) is 23.8 Å². The Morgan fingerprint density at radius 1 is 1.19 bits per heavy atom. The number of nitrogens with zero attached hydrogens (tertiary/aromatic N) is 1. The van der Waals surface area contributed by atoms with Gasteiger partial charge in [-0.3, -0.25) is 4.79 Å². The van der Waals surface area contributed by atoms with Crippen LogP contribution in [0.15, 0.2) is 47.3 Å². The Labute approximate surface area is 157 Å². The molecule has 140 valence electrons. The summed E-state index contributed by atoms with van der Waals surface area (Å²) in [5.74, 6) is 0.732. The third-order valence-corrected chi connectivity index (χ3v) is 4.17. The number of hydrogen-bond donors (Lipinski definition) is 1. The molecule has 0 radical (unpaired) electrons. The lowest BCUT2D eigenvalue weighted by molar-refractivity contribution is -0.147. The van der Waals surface area contributed by atoms with Crippen molar-refractivity contribution in [3.8, 4) is 5.75 Å². The fraction of sp³-hybridized carbons (Fsp3) is 0.286. The summed E-state index contributed by atoms with van der Waals surface area (Å²) in [5.41, 5.74) is 2.39. The van der Waals surface area contributed by atoms with Gasteiger partial charge in [0.25, 0.3) is 5.56 Å². The molecule has 1 heterocycles. The number of para-hydroxylation sites is 1. The van der Waals surface area contributed by atoms with Gasteiger partial charge in [-0.15, -0.1) is 0 Å². The first kappa shape index (κ1) is 18.6.